The average Bonchev–Trinajstić information content (AvgIpc) is 3.21. The highest BCUT2D eigenvalue weighted by Crippen LogP contribution is 2.31. The highest BCUT2D eigenvalue weighted by atomic mass is 16.5. The number of anilines is 1. The molecular weight excluding hydrogens is 292 g/mol. The highest BCUT2D eigenvalue weighted by Gasteiger charge is 2.24. The summed E-state index contributed by atoms with van der Waals surface area (Å²) in [7, 11) is 3.37. The molecule has 0 saturated carbocycles. The van der Waals surface area contributed by atoms with Gasteiger partial charge in [-0.1, -0.05) is 0 Å². The molecule has 0 bridgehead atoms. The van der Waals surface area contributed by atoms with Crippen molar-refractivity contribution in [2.45, 2.75) is 19.4 Å². The molecule has 1 saturated heterocycles. The van der Waals surface area contributed by atoms with Crippen LogP contribution in [0.25, 0.3) is 0 Å². The van der Waals surface area contributed by atoms with E-state index >= 15 is 0 Å². The van der Waals surface area contributed by atoms with Crippen LogP contribution in [-0.4, -0.2) is 52.4 Å². The minimum atomic E-state index is 0.446. The lowest BCUT2D eigenvalue weighted by Gasteiger charge is -2.20. The first-order valence-corrected chi connectivity index (χ1v) is 8.21. The van der Waals surface area contributed by atoms with Crippen LogP contribution in [0.2, 0.25) is 0 Å². The molecule has 3 rings (SSSR count). The Kier molecular flexibility index (Phi) is 4.79. The molecule has 126 valence electrons. The molecule has 2 atom stereocenters. The fourth-order valence-electron chi connectivity index (χ4n) is 3.11. The fourth-order valence-corrected chi connectivity index (χ4v) is 3.11. The van der Waals surface area contributed by atoms with E-state index in [-0.39, 0.29) is 0 Å². The van der Waals surface area contributed by atoms with Crippen LogP contribution in [-0.2, 0) is 0 Å². The summed E-state index contributed by atoms with van der Waals surface area (Å²) in [6, 6.07) is 6.50. The van der Waals surface area contributed by atoms with Crippen molar-refractivity contribution in [2.75, 3.05) is 45.3 Å². The van der Waals surface area contributed by atoms with E-state index in [9.17, 15) is 0 Å². The smallest absolute Gasteiger partial charge is 0.191 e. The first-order chi connectivity index (χ1) is 11.2. The van der Waals surface area contributed by atoms with Crippen molar-refractivity contribution >= 4 is 11.6 Å². The summed E-state index contributed by atoms with van der Waals surface area (Å²) in [5.41, 5.74) is 1.16. The first-order valence-electron chi connectivity index (χ1n) is 8.21. The Balaban J connectivity index is 1.57. The highest BCUT2D eigenvalue weighted by molar-refractivity contribution is 5.81. The Labute approximate surface area is 137 Å². The largest absolute Gasteiger partial charge is 0.497 e. The number of hydrogen-bond acceptors (Lipinski definition) is 6. The molecule has 0 aliphatic carbocycles. The number of hydrogen-bond donors (Lipinski definition) is 2. The van der Waals surface area contributed by atoms with Crippen LogP contribution < -0.4 is 25.0 Å². The van der Waals surface area contributed by atoms with Crippen LogP contribution in [0.1, 0.15) is 13.3 Å². The zero-order valence-corrected chi connectivity index (χ0v) is 14.1. The number of guanidine groups is 1. The van der Waals surface area contributed by atoms with E-state index in [4.69, 9.17) is 9.47 Å². The predicted molar refractivity (Wildman–Crippen MR) is 92.8 cm³/mol. The van der Waals surface area contributed by atoms with Crippen LogP contribution >= 0.6 is 0 Å². The Morgan fingerprint density at radius 2 is 2.00 bits per heavy atom. The van der Waals surface area contributed by atoms with Crippen molar-refractivity contribution in [1.29, 1.82) is 0 Å². The van der Waals surface area contributed by atoms with Crippen molar-refractivity contribution in [3.63, 3.8) is 0 Å². The molecule has 6 heteroatoms. The van der Waals surface area contributed by atoms with Gasteiger partial charge < -0.3 is 25.0 Å². The van der Waals surface area contributed by atoms with Crippen molar-refractivity contribution in [2.24, 2.45) is 10.9 Å². The zero-order valence-electron chi connectivity index (χ0n) is 14.1. The molecule has 0 amide bonds. The average molecular weight is 318 g/mol. The van der Waals surface area contributed by atoms with Gasteiger partial charge in [0.1, 0.15) is 11.5 Å². The monoisotopic (exact) mass is 318 g/mol. The molecule has 0 aromatic heterocycles. The molecule has 0 spiro atoms. The molecular formula is C17H26N4O2. The van der Waals surface area contributed by atoms with Gasteiger partial charge in [-0.25, -0.2) is 0 Å². The predicted octanol–water partition coefficient (Wildman–Crippen LogP) is 1.47. The van der Waals surface area contributed by atoms with Crippen molar-refractivity contribution in [3.8, 4) is 11.5 Å². The second-order valence-electron chi connectivity index (χ2n) is 6.29. The van der Waals surface area contributed by atoms with E-state index in [2.05, 4.69) is 39.6 Å². The van der Waals surface area contributed by atoms with Crippen LogP contribution in [0.4, 0.5) is 5.69 Å². The summed E-state index contributed by atoms with van der Waals surface area (Å²) in [5.74, 6) is 3.23. The van der Waals surface area contributed by atoms with E-state index in [1.165, 1.54) is 6.42 Å². The lowest BCUT2D eigenvalue weighted by atomic mass is 10.1. The third-order valence-electron chi connectivity index (χ3n) is 4.45. The third kappa shape index (κ3) is 3.81. The maximum Gasteiger partial charge on any atom is 0.191 e. The molecule has 1 fully saturated rings. The molecule has 2 aliphatic heterocycles. The second-order valence-corrected chi connectivity index (χ2v) is 6.29. The van der Waals surface area contributed by atoms with Gasteiger partial charge in [0.25, 0.3) is 0 Å². The van der Waals surface area contributed by atoms with Crippen LogP contribution in [0, 0.1) is 5.92 Å². The molecule has 23 heavy (non-hydrogen) atoms. The van der Waals surface area contributed by atoms with Crippen molar-refractivity contribution < 1.29 is 9.47 Å². The van der Waals surface area contributed by atoms with E-state index in [1.807, 2.05) is 6.07 Å². The molecule has 2 aliphatic rings. The van der Waals surface area contributed by atoms with Gasteiger partial charge in [-0.2, -0.15) is 0 Å². The maximum absolute atomic E-state index is 5.37. The lowest BCUT2D eigenvalue weighted by Crippen LogP contribution is -2.40. The van der Waals surface area contributed by atoms with Gasteiger partial charge in [0, 0.05) is 49.6 Å². The fraction of sp³-hybridized carbons (Fsp3) is 0.588. The number of nitrogens with one attached hydrogen (secondary N) is 2. The van der Waals surface area contributed by atoms with Crippen LogP contribution in [0.5, 0.6) is 11.5 Å². The quantitative estimate of drug-likeness (QED) is 0.861. The second kappa shape index (κ2) is 6.98. The molecule has 2 heterocycles. The minimum Gasteiger partial charge on any atom is -0.497 e. The van der Waals surface area contributed by atoms with Gasteiger partial charge in [-0.05, 0) is 19.3 Å². The molecule has 2 N–H and O–H groups in total. The molecule has 6 nitrogen and oxygen atoms in total. The van der Waals surface area contributed by atoms with E-state index in [0.29, 0.717) is 12.0 Å². The van der Waals surface area contributed by atoms with Crippen LogP contribution in [0.15, 0.2) is 23.2 Å². The Hall–Kier alpha value is -2.11. The number of nitrogens with zero attached hydrogens (tertiary/aromatic N) is 2. The third-order valence-corrected chi connectivity index (χ3v) is 4.45. The molecule has 1 aromatic rings. The summed E-state index contributed by atoms with van der Waals surface area (Å²) in [6.45, 7) is 6.05. The summed E-state index contributed by atoms with van der Waals surface area (Å²) >= 11 is 0. The van der Waals surface area contributed by atoms with Crippen molar-refractivity contribution in [1.82, 2.24) is 10.6 Å². The van der Waals surface area contributed by atoms with Crippen molar-refractivity contribution in [3.05, 3.63) is 18.2 Å². The SMILES string of the molecule is COc1cc(OC)cc(N2CCC(CNC3=NCC(C)N3)C2)c1. The Morgan fingerprint density at radius 1 is 1.26 bits per heavy atom. The van der Waals surface area contributed by atoms with Gasteiger partial charge in [-0.3, -0.25) is 4.99 Å². The maximum atomic E-state index is 5.37. The number of methoxy groups -OCH3 is 2. The Morgan fingerprint density at radius 3 is 2.61 bits per heavy atom. The summed E-state index contributed by atoms with van der Waals surface area (Å²) < 4.78 is 10.7. The number of ether oxygens (including phenoxy) is 2. The molecule has 1 aromatic carbocycles. The van der Waals surface area contributed by atoms with E-state index in [0.717, 1.165) is 49.3 Å². The zero-order chi connectivity index (χ0) is 16.2. The number of benzene rings is 1. The van der Waals surface area contributed by atoms with Gasteiger partial charge in [-0.15, -0.1) is 0 Å². The summed E-state index contributed by atoms with van der Waals surface area (Å²) in [4.78, 5) is 6.84. The van der Waals surface area contributed by atoms with E-state index < -0.39 is 0 Å². The Bertz CT molecular complexity index is 553. The van der Waals surface area contributed by atoms with Gasteiger partial charge >= 0.3 is 0 Å². The van der Waals surface area contributed by atoms with Crippen LogP contribution in [0.3, 0.4) is 0 Å². The van der Waals surface area contributed by atoms with Gasteiger partial charge in [0.05, 0.1) is 20.8 Å². The topological polar surface area (TPSA) is 58.1 Å². The molecule has 2 unspecified atom stereocenters. The van der Waals surface area contributed by atoms with E-state index in [1.54, 1.807) is 14.2 Å². The van der Waals surface area contributed by atoms with Gasteiger partial charge in [0.2, 0.25) is 0 Å². The number of rotatable bonds is 5. The summed E-state index contributed by atoms with van der Waals surface area (Å²) in [6.07, 6.45) is 1.18. The number of aliphatic imine (C=N–C) groups is 1. The summed E-state index contributed by atoms with van der Waals surface area (Å²) in [5, 5.41) is 6.78. The minimum absolute atomic E-state index is 0.446. The van der Waals surface area contributed by atoms with Gasteiger partial charge in [0.15, 0.2) is 5.96 Å². The first kappa shape index (κ1) is 15.8. The lowest BCUT2D eigenvalue weighted by molar-refractivity contribution is 0.394. The standard InChI is InChI=1S/C17H26N4O2/c1-12-9-18-17(20-12)19-10-13-4-5-21(11-13)14-6-15(22-2)8-16(7-14)23-3/h6-8,12-13H,4-5,9-11H2,1-3H3,(H2,18,19,20). The molecule has 0 radical (unpaired) electrons. The normalized spacial score (nSPS) is 23.4.